The van der Waals surface area contributed by atoms with E-state index in [1.54, 1.807) is 0 Å². The van der Waals surface area contributed by atoms with E-state index in [0.29, 0.717) is 0 Å². The predicted octanol–water partition coefficient (Wildman–Crippen LogP) is 23.6. The van der Waals surface area contributed by atoms with Crippen molar-refractivity contribution in [2.75, 3.05) is 6.79 Å². The summed E-state index contributed by atoms with van der Waals surface area (Å²) in [6.07, 6.45) is 0. The van der Waals surface area contributed by atoms with Gasteiger partial charge in [-0.3, -0.25) is 0 Å². The van der Waals surface area contributed by atoms with Crippen molar-refractivity contribution < 1.29 is 9.47 Å². The highest BCUT2D eigenvalue weighted by Gasteiger charge is 2.49. The van der Waals surface area contributed by atoms with Crippen LogP contribution in [-0.2, 0) is 27.1 Å². The first-order valence-electron chi connectivity index (χ1n) is 31.9. The van der Waals surface area contributed by atoms with Gasteiger partial charge in [0.15, 0.2) is 11.5 Å². The molecule has 0 amide bonds. The van der Waals surface area contributed by atoms with E-state index >= 15 is 0 Å². The van der Waals surface area contributed by atoms with Crippen molar-refractivity contribution in [3.8, 4) is 101 Å². The number of hydrogen-bond donors (Lipinski definition) is 0. The minimum Gasteiger partial charge on any atom is -0.454 e. The molecule has 0 bridgehead atoms. The van der Waals surface area contributed by atoms with Gasteiger partial charge < -0.3 is 9.47 Å². The van der Waals surface area contributed by atoms with Crippen LogP contribution in [-0.4, -0.2) is 6.79 Å². The van der Waals surface area contributed by atoms with Crippen LogP contribution >= 0.6 is 0 Å². The zero-order valence-corrected chi connectivity index (χ0v) is 54.9. The fourth-order valence-corrected chi connectivity index (χ4v) is 14.1. The Morgan fingerprint density at radius 1 is 0.281 bits per heavy atom. The lowest BCUT2D eigenvalue weighted by Gasteiger charge is -2.35. The Balaban J connectivity index is 1.07. The maximum absolute atomic E-state index is 6.44. The van der Waals surface area contributed by atoms with Crippen molar-refractivity contribution in [1.82, 2.24) is 0 Å². The van der Waals surface area contributed by atoms with Crippen LogP contribution in [0.3, 0.4) is 0 Å². The van der Waals surface area contributed by atoms with Gasteiger partial charge in [-0.05, 0) is 248 Å². The number of hydrogen-bond acceptors (Lipinski definition) is 2. The first-order valence-corrected chi connectivity index (χ1v) is 31.9. The number of aryl methyl sites for hydroxylation is 3. The minimum atomic E-state index is -0.835. The van der Waals surface area contributed by atoms with Gasteiger partial charge in [-0.15, -0.1) is 0 Å². The van der Waals surface area contributed by atoms with Gasteiger partial charge in [0.2, 0.25) is 6.79 Å². The Labute approximate surface area is 530 Å². The summed E-state index contributed by atoms with van der Waals surface area (Å²) in [6, 6.07) is 86.4. The molecule has 89 heavy (non-hydrogen) atoms. The molecule has 11 aromatic rings. The molecular weight excluding hydrogens is 1080 g/mol. The zero-order chi connectivity index (χ0) is 62.5. The third kappa shape index (κ3) is 10.9. The van der Waals surface area contributed by atoms with Gasteiger partial charge in [-0.25, -0.2) is 0 Å². The van der Waals surface area contributed by atoms with Gasteiger partial charge in [0.1, 0.15) is 0 Å². The molecule has 0 saturated carbocycles. The molecule has 1 aliphatic heterocycles. The monoisotopic (exact) mass is 1160 g/mol. The molecule has 2 aliphatic rings. The van der Waals surface area contributed by atoms with Gasteiger partial charge in [-0.1, -0.05) is 252 Å². The number of ether oxygens (including phenoxy) is 2. The topological polar surface area (TPSA) is 18.5 Å². The molecule has 0 saturated heterocycles. The van der Waals surface area contributed by atoms with Crippen LogP contribution in [0.1, 0.15) is 144 Å². The van der Waals surface area contributed by atoms with Crippen molar-refractivity contribution in [2.24, 2.45) is 0 Å². The number of benzene rings is 11. The molecule has 2 heteroatoms. The highest BCUT2D eigenvalue weighted by atomic mass is 16.7. The van der Waals surface area contributed by atoms with Gasteiger partial charge in [0.05, 0.1) is 5.41 Å². The van der Waals surface area contributed by atoms with Crippen LogP contribution in [0.15, 0.2) is 224 Å². The van der Waals surface area contributed by atoms with Crippen molar-refractivity contribution in [2.45, 2.75) is 131 Å². The van der Waals surface area contributed by atoms with E-state index in [2.05, 4.69) is 328 Å². The first kappa shape index (κ1) is 59.0. The fraction of sp³-hybridized carbons (Fsp3) is 0.241. The molecular formula is C87H84O2. The summed E-state index contributed by atoms with van der Waals surface area (Å²) in [5.41, 5.74) is 32.0. The van der Waals surface area contributed by atoms with Gasteiger partial charge >= 0.3 is 0 Å². The highest BCUT2D eigenvalue weighted by molar-refractivity contribution is 5.98. The Morgan fingerprint density at radius 3 is 0.978 bits per heavy atom. The SMILES string of the molecule is Cc1cc(C)c(-c2cccc3c2-c2cc4c(cc2C3(c2cccc(-c3cc(-c5ccc(C(C)(C)C)cc5)cc(-c5ccc(C(C)(C)C)cc5)c3)c2)c2cccc(-c3cc(-c5ccc(C(C)(C)C)cc5)cc(-c5ccc(C(C)(C)C)cc5)c3)c2)OCO4)c(C)c1. The van der Waals surface area contributed by atoms with E-state index in [1.807, 2.05) is 0 Å². The van der Waals surface area contributed by atoms with Crippen LogP contribution in [0, 0.1) is 20.8 Å². The average Bonchev–Trinajstić information content (AvgIpc) is 1.54. The molecule has 11 aromatic carbocycles. The number of rotatable bonds is 9. The van der Waals surface area contributed by atoms with E-state index in [-0.39, 0.29) is 28.5 Å². The van der Waals surface area contributed by atoms with E-state index in [0.717, 1.165) is 39.3 Å². The Bertz CT molecular complexity index is 4140. The lowest BCUT2D eigenvalue weighted by atomic mass is 9.66. The average molecular weight is 1160 g/mol. The van der Waals surface area contributed by atoms with E-state index < -0.39 is 5.41 Å². The molecule has 1 heterocycles. The second-order valence-corrected chi connectivity index (χ2v) is 29.6. The molecule has 0 fully saturated rings. The Hall–Kier alpha value is -8.98. The van der Waals surface area contributed by atoms with Gasteiger partial charge in [-0.2, -0.15) is 0 Å². The molecule has 0 spiro atoms. The predicted molar refractivity (Wildman–Crippen MR) is 377 cm³/mol. The standard InChI is InChI=1S/C87H84O2/c1-54-41-55(2)81(56(3)42-54)75-23-18-24-77-82(75)76-51-79-80(89-53-88-79)52-78(76)87(77,73-21-16-19-61(49-73)67-45-63(57-25-33-69(34-26-57)83(4,5)6)43-64(46-67)58-27-35-70(36-28-58)84(7,8)9)74-22-17-20-62(50-74)68-47-65(59-29-37-71(38-30-59)85(10,11)12)44-66(48-68)60-31-39-72(40-32-60)86(13,14)15/h16-52H,53H2,1-15H3. The van der Waals surface area contributed by atoms with Crippen molar-refractivity contribution in [3.63, 3.8) is 0 Å². The van der Waals surface area contributed by atoms with E-state index in [1.165, 1.54) is 122 Å². The molecule has 1 aliphatic carbocycles. The largest absolute Gasteiger partial charge is 0.454 e. The fourth-order valence-electron chi connectivity index (χ4n) is 14.1. The third-order valence-electron chi connectivity index (χ3n) is 19.1. The summed E-state index contributed by atoms with van der Waals surface area (Å²) in [5, 5.41) is 0. The molecule has 0 aromatic heterocycles. The van der Waals surface area contributed by atoms with Crippen molar-refractivity contribution in [1.29, 1.82) is 0 Å². The number of fused-ring (bicyclic) bond motifs is 4. The summed E-state index contributed by atoms with van der Waals surface area (Å²) < 4.78 is 12.8. The Morgan fingerprint density at radius 2 is 0.618 bits per heavy atom. The maximum atomic E-state index is 6.44. The van der Waals surface area contributed by atoms with Crippen LogP contribution in [0.2, 0.25) is 0 Å². The molecule has 2 nitrogen and oxygen atoms in total. The highest BCUT2D eigenvalue weighted by Crippen LogP contribution is 2.61. The Kier molecular flexibility index (Phi) is 14.6. The second kappa shape index (κ2) is 22.0. The molecule has 444 valence electrons. The normalized spacial score (nSPS) is 13.6. The summed E-state index contributed by atoms with van der Waals surface area (Å²) in [4.78, 5) is 0. The first-order chi connectivity index (χ1) is 42.3. The zero-order valence-electron chi connectivity index (χ0n) is 54.9. The van der Waals surface area contributed by atoms with E-state index in [4.69, 9.17) is 9.47 Å². The molecule has 0 atom stereocenters. The molecule has 0 N–H and O–H groups in total. The van der Waals surface area contributed by atoms with Gasteiger partial charge in [0.25, 0.3) is 0 Å². The molecule has 0 unspecified atom stereocenters. The summed E-state index contributed by atoms with van der Waals surface area (Å²) in [6.45, 7) is 34.3. The van der Waals surface area contributed by atoms with Crippen LogP contribution in [0.25, 0.3) is 89.0 Å². The minimum absolute atomic E-state index is 0.0380. The summed E-state index contributed by atoms with van der Waals surface area (Å²) >= 11 is 0. The summed E-state index contributed by atoms with van der Waals surface area (Å²) in [5.74, 6) is 1.53. The summed E-state index contributed by atoms with van der Waals surface area (Å²) in [7, 11) is 0. The van der Waals surface area contributed by atoms with Crippen LogP contribution in [0.4, 0.5) is 0 Å². The quantitative estimate of drug-likeness (QED) is 0.143. The lowest BCUT2D eigenvalue weighted by molar-refractivity contribution is 0.174. The van der Waals surface area contributed by atoms with Gasteiger partial charge in [0, 0.05) is 0 Å². The third-order valence-corrected chi connectivity index (χ3v) is 19.1. The molecule has 0 radical (unpaired) electrons. The van der Waals surface area contributed by atoms with E-state index in [9.17, 15) is 0 Å². The van der Waals surface area contributed by atoms with Crippen molar-refractivity contribution in [3.05, 3.63) is 286 Å². The van der Waals surface area contributed by atoms with Crippen LogP contribution in [0.5, 0.6) is 11.5 Å². The lowest BCUT2D eigenvalue weighted by Crippen LogP contribution is -2.28. The van der Waals surface area contributed by atoms with Crippen LogP contribution < -0.4 is 9.47 Å². The van der Waals surface area contributed by atoms with Crippen molar-refractivity contribution >= 4 is 0 Å². The second-order valence-electron chi connectivity index (χ2n) is 29.6. The smallest absolute Gasteiger partial charge is 0.231 e. The molecule has 13 rings (SSSR count). The maximum Gasteiger partial charge on any atom is 0.231 e.